The zero-order valence-corrected chi connectivity index (χ0v) is 19.4. The lowest BCUT2D eigenvalue weighted by Crippen LogP contribution is -1.97. The molecular formula is C26H54O. The smallest absolute Gasteiger partial charge is 0.0466 e. The Hall–Kier alpha value is -1.34. The lowest BCUT2D eigenvalue weighted by molar-refractivity contribution is 0.125. The molecule has 27 heavy (non-hydrogen) atoms. The molecule has 0 aromatic carbocycles. The molecule has 0 saturated carbocycles. The van der Waals surface area contributed by atoms with Crippen molar-refractivity contribution >= 4 is 0 Å². The van der Waals surface area contributed by atoms with Crippen LogP contribution in [0.2, 0.25) is 0 Å². The first kappa shape index (κ1) is 40.4. The minimum Gasteiger partial charge on any atom is -0.381 e. The zero-order valence-electron chi connectivity index (χ0n) is 19.4. The van der Waals surface area contributed by atoms with Gasteiger partial charge in [-0.2, -0.15) is 0 Å². The third-order valence-corrected chi connectivity index (χ3v) is 3.28. The minimum atomic E-state index is 0.987. The molecule has 0 N–H and O–H groups in total. The van der Waals surface area contributed by atoms with E-state index in [4.69, 9.17) is 4.74 Å². The molecule has 0 spiro atoms. The van der Waals surface area contributed by atoms with Crippen LogP contribution in [0.25, 0.3) is 0 Å². The zero-order chi connectivity index (χ0) is 22.6. The monoisotopic (exact) mass is 382 g/mol. The second-order valence-electron chi connectivity index (χ2n) is 5.15. The van der Waals surface area contributed by atoms with E-state index in [0.717, 1.165) is 13.2 Å². The number of hydrogen-bond donors (Lipinski definition) is 0. The molecule has 0 aliphatic rings. The lowest BCUT2D eigenvalue weighted by Gasteiger charge is -2.04. The van der Waals surface area contributed by atoms with Gasteiger partial charge < -0.3 is 4.74 Å². The summed E-state index contributed by atoms with van der Waals surface area (Å²) in [6, 6.07) is 0. The summed E-state index contributed by atoms with van der Waals surface area (Å²) in [6.07, 6.45) is 16.3. The van der Waals surface area contributed by atoms with Crippen molar-refractivity contribution in [2.24, 2.45) is 0 Å². The average molecular weight is 383 g/mol. The Kier molecular flexibility index (Phi) is 111. The summed E-state index contributed by atoms with van der Waals surface area (Å²) >= 11 is 0. The SMILES string of the molecule is C=C.C=C.C=C.C=C.C=C.CCCCCCCCOCCCCCCCC. The van der Waals surface area contributed by atoms with Gasteiger partial charge in [0.2, 0.25) is 0 Å². The Labute approximate surface area is 175 Å². The van der Waals surface area contributed by atoms with Crippen LogP contribution in [-0.2, 0) is 4.74 Å². The van der Waals surface area contributed by atoms with E-state index < -0.39 is 0 Å². The Morgan fingerprint density at radius 1 is 0.370 bits per heavy atom. The van der Waals surface area contributed by atoms with Gasteiger partial charge in [0.05, 0.1) is 0 Å². The van der Waals surface area contributed by atoms with Crippen molar-refractivity contribution in [2.75, 3.05) is 13.2 Å². The predicted octanol–water partition coefficient (Wildman–Crippen LogP) is 9.73. The molecule has 0 heterocycles. The fourth-order valence-electron chi connectivity index (χ4n) is 2.07. The third-order valence-electron chi connectivity index (χ3n) is 3.28. The molecule has 0 atom stereocenters. The summed E-state index contributed by atoms with van der Waals surface area (Å²) < 4.78 is 5.65. The van der Waals surface area contributed by atoms with Gasteiger partial charge in [-0.15, -0.1) is 65.8 Å². The van der Waals surface area contributed by atoms with Crippen LogP contribution < -0.4 is 0 Å². The highest BCUT2D eigenvalue weighted by Crippen LogP contribution is 2.06. The summed E-state index contributed by atoms with van der Waals surface area (Å²) in [5.41, 5.74) is 0. The highest BCUT2D eigenvalue weighted by atomic mass is 16.5. The summed E-state index contributed by atoms with van der Waals surface area (Å²) in [4.78, 5) is 0. The van der Waals surface area contributed by atoms with E-state index >= 15 is 0 Å². The number of unbranched alkanes of at least 4 members (excludes halogenated alkanes) is 10. The van der Waals surface area contributed by atoms with Gasteiger partial charge in [-0.25, -0.2) is 0 Å². The fraction of sp³-hybridized carbons (Fsp3) is 0.615. The van der Waals surface area contributed by atoms with E-state index in [1.807, 2.05) is 0 Å². The quantitative estimate of drug-likeness (QED) is 0.214. The maximum Gasteiger partial charge on any atom is 0.0466 e. The van der Waals surface area contributed by atoms with Gasteiger partial charge >= 0.3 is 0 Å². The van der Waals surface area contributed by atoms with Crippen molar-refractivity contribution < 1.29 is 4.74 Å². The van der Waals surface area contributed by atoms with Gasteiger partial charge in [-0.1, -0.05) is 78.1 Å². The van der Waals surface area contributed by atoms with Gasteiger partial charge in [0.25, 0.3) is 0 Å². The number of ether oxygens (including phenoxy) is 1. The van der Waals surface area contributed by atoms with Crippen LogP contribution in [0.3, 0.4) is 0 Å². The van der Waals surface area contributed by atoms with Crippen LogP contribution in [0.15, 0.2) is 65.8 Å². The number of hydrogen-bond acceptors (Lipinski definition) is 1. The molecule has 0 aromatic rings. The Balaban J connectivity index is -0.0000000945. The van der Waals surface area contributed by atoms with Gasteiger partial charge in [-0.3, -0.25) is 0 Å². The van der Waals surface area contributed by atoms with Gasteiger partial charge in [0.1, 0.15) is 0 Å². The standard InChI is InChI=1S/C16H34O.5C2H4/c1-3-5-7-9-11-13-15-17-16-14-12-10-8-6-4-2;5*1-2/h3-16H2,1-2H3;5*1-2H2. The van der Waals surface area contributed by atoms with E-state index in [1.54, 1.807) is 0 Å². The van der Waals surface area contributed by atoms with E-state index in [9.17, 15) is 0 Å². The van der Waals surface area contributed by atoms with Crippen LogP contribution in [-0.4, -0.2) is 13.2 Å². The largest absolute Gasteiger partial charge is 0.381 e. The molecule has 0 radical (unpaired) electrons. The van der Waals surface area contributed by atoms with E-state index in [2.05, 4.69) is 79.6 Å². The minimum absolute atomic E-state index is 0.987. The van der Waals surface area contributed by atoms with Crippen LogP contribution in [0, 0.1) is 0 Å². The van der Waals surface area contributed by atoms with Gasteiger partial charge in [-0.05, 0) is 12.8 Å². The predicted molar refractivity (Wildman–Crippen MR) is 134 cm³/mol. The normalized spacial score (nSPS) is 7.63. The molecule has 0 bridgehead atoms. The van der Waals surface area contributed by atoms with Crippen LogP contribution >= 0.6 is 0 Å². The van der Waals surface area contributed by atoms with Crippen molar-refractivity contribution in [3.63, 3.8) is 0 Å². The van der Waals surface area contributed by atoms with Crippen molar-refractivity contribution in [2.45, 2.75) is 90.9 Å². The molecule has 1 nitrogen and oxygen atoms in total. The average Bonchev–Trinajstić information content (AvgIpc) is 2.78. The Morgan fingerprint density at radius 3 is 0.852 bits per heavy atom. The van der Waals surface area contributed by atoms with Crippen LogP contribution in [0.1, 0.15) is 90.9 Å². The molecule has 0 amide bonds. The summed E-state index contributed by atoms with van der Waals surface area (Å²) in [5.74, 6) is 0. The van der Waals surface area contributed by atoms with Crippen LogP contribution in [0.4, 0.5) is 0 Å². The van der Waals surface area contributed by atoms with Crippen molar-refractivity contribution in [1.29, 1.82) is 0 Å². The van der Waals surface area contributed by atoms with Crippen molar-refractivity contribution in [1.82, 2.24) is 0 Å². The van der Waals surface area contributed by atoms with Crippen molar-refractivity contribution in [3.05, 3.63) is 65.8 Å². The molecule has 0 aromatic heterocycles. The first-order valence-electron chi connectivity index (χ1n) is 10.5. The fourth-order valence-corrected chi connectivity index (χ4v) is 2.07. The summed E-state index contributed by atoms with van der Waals surface area (Å²) in [6.45, 7) is 36.5. The molecule has 1 heteroatoms. The molecule has 0 aliphatic heterocycles. The molecule has 0 aliphatic carbocycles. The maximum absolute atomic E-state index is 5.65. The Morgan fingerprint density at radius 2 is 0.593 bits per heavy atom. The number of rotatable bonds is 14. The molecule has 0 rings (SSSR count). The summed E-state index contributed by atoms with van der Waals surface area (Å²) in [7, 11) is 0. The molecular weight excluding hydrogens is 328 g/mol. The summed E-state index contributed by atoms with van der Waals surface area (Å²) in [5, 5.41) is 0. The van der Waals surface area contributed by atoms with E-state index in [1.165, 1.54) is 77.0 Å². The highest BCUT2D eigenvalue weighted by molar-refractivity contribution is 4.45. The lowest BCUT2D eigenvalue weighted by atomic mass is 10.1. The second-order valence-corrected chi connectivity index (χ2v) is 5.15. The van der Waals surface area contributed by atoms with Gasteiger partial charge in [0.15, 0.2) is 0 Å². The molecule has 164 valence electrons. The maximum atomic E-state index is 5.65. The van der Waals surface area contributed by atoms with Gasteiger partial charge in [0, 0.05) is 13.2 Å². The van der Waals surface area contributed by atoms with Crippen molar-refractivity contribution in [3.8, 4) is 0 Å². The molecule has 0 unspecified atom stereocenters. The molecule has 0 saturated heterocycles. The second kappa shape index (κ2) is 74.0. The Bertz CT molecular complexity index is 153. The first-order valence-corrected chi connectivity index (χ1v) is 10.5. The third kappa shape index (κ3) is 79.0. The molecule has 0 fully saturated rings. The topological polar surface area (TPSA) is 9.23 Å². The van der Waals surface area contributed by atoms with E-state index in [-0.39, 0.29) is 0 Å². The first-order chi connectivity index (χ1) is 13.4. The highest BCUT2D eigenvalue weighted by Gasteiger charge is 1.92. The van der Waals surface area contributed by atoms with Crippen LogP contribution in [0.5, 0.6) is 0 Å². The van der Waals surface area contributed by atoms with E-state index in [0.29, 0.717) is 0 Å².